The molecule has 5 nitrogen and oxygen atoms in total. The summed E-state index contributed by atoms with van der Waals surface area (Å²) >= 11 is 13.2. The largest absolute Gasteiger partial charge is 0.416 e. The average molecular weight is 566 g/mol. The molecule has 5 rings (SSSR count). The number of Topliss-reactive ketones (excluding diaryl/α,β-unsaturated/α-hetero) is 1. The number of benzene rings is 2. The first kappa shape index (κ1) is 27.0. The third-order valence-electron chi connectivity index (χ3n) is 8.05. The maximum atomic E-state index is 13.4. The zero-order chi connectivity index (χ0) is 27.4. The maximum absolute atomic E-state index is 13.4. The van der Waals surface area contributed by atoms with E-state index in [2.05, 4.69) is 4.90 Å². The lowest BCUT2D eigenvalue weighted by molar-refractivity contribution is -0.137. The van der Waals surface area contributed by atoms with Crippen LogP contribution in [0.15, 0.2) is 36.4 Å². The number of hydrogen-bond donors (Lipinski definition) is 0. The van der Waals surface area contributed by atoms with Gasteiger partial charge in [0.25, 0.3) is 5.91 Å². The summed E-state index contributed by atoms with van der Waals surface area (Å²) in [6.07, 6.45) is -2.39. The van der Waals surface area contributed by atoms with Crippen LogP contribution in [0.3, 0.4) is 0 Å². The van der Waals surface area contributed by atoms with Crippen LogP contribution in [0.1, 0.15) is 46.9 Å². The van der Waals surface area contributed by atoms with E-state index in [9.17, 15) is 22.8 Å². The first-order valence-electron chi connectivity index (χ1n) is 12.6. The van der Waals surface area contributed by atoms with E-state index >= 15 is 0 Å². The van der Waals surface area contributed by atoms with Crippen molar-refractivity contribution in [1.82, 2.24) is 14.4 Å². The number of carbonyl (C=O) groups is 2. The second-order valence-corrected chi connectivity index (χ2v) is 11.1. The summed E-state index contributed by atoms with van der Waals surface area (Å²) in [5.41, 5.74) is 1.39. The molecule has 1 saturated heterocycles. The van der Waals surface area contributed by atoms with Crippen molar-refractivity contribution in [3.05, 3.63) is 68.8 Å². The van der Waals surface area contributed by atoms with Gasteiger partial charge in [0.1, 0.15) is 5.78 Å². The Hall–Kier alpha value is -2.55. The second-order valence-electron chi connectivity index (χ2n) is 10.3. The van der Waals surface area contributed by atoms with E-state index in [1.54, 1.807) is 35.6 Å². The number of fused-ring (bicyclic) bond motifs is 1. The molecule has 202 valence electrons. The summed E-state index contributed by atoms with van der Waals surface area (Å²) in [5.74, 6) is 0.242. The molecule has 0 spiro atoms. The van der Waals surface area contributed by atoms with Crippen LogP contribution < -0.4 is 0 Å². The van der Waals surface area contributed by atoms with Crippen molar-refractivity contribution in [2.24, 2.45) is 13.0 Å². The summed E-state index contributed by atoms with van der Waals surface area (Å²) < 4.78 is 41.3. The predicted molar refractivity (Wildman–Crippen MR) is 142 cm³/mol. The van der Waals surface area contributed by atoms with E-state index in [-0.39, 0.29) is 29.1 Å². The summed E-state index contributed by atoms with van der Waals surface area (Å²) in [6, 6.07) is 9.14. The van der Waals surface area contributed by atoms with Crippen LogP contribution in [0, 0.1) is 5.92 Å². The molecule has 1 aromatic heterocycles. The number of piperazine rings is 1. The molecule has 2 fully saturated rings. The monoisotopic (exact) mass is 565 g/mol. The summed E-state index contributed by atoms with van der Waals surface area (Å²) in [5, 5.41) is 1.33. The van der Waals surface area contributed by atoms with Gasteiger partial charge >= 0.3 is 6.18 Å². The standard InChI is InChI=1S/C28H28Cl2F3N3O2/c1-16(37)18-12-21(13-18)35-7-9-36(10-8-35)27(38)22-5-6-24(29)23(26(22)30)15-20-11-17-3-4-19(28(31,32)33)14-25(17)34(20)2/h3-6,11,14,18,21H,7-10,12-13,15H2,1-2H3. The number of aryl methyl sites for hydroxylation is 1. The van der Waals surface area contributed by atoms with Gasteiger partial charge in [-0.1, -0.05) is 29.3 Å². The highest BCUT2D eigenvalue weighted by molar-refractivity contribution is 6.38. The zero-order valence-corrected chi connectivity index (χ0v) is 22.6. The topological polar surface area (TPSA) is 45.6 Å². The van der Waals surface area contributed by atoms with E-state index in [1.807, 2.05) is 6.07 Å². The number of aromatic nitrogens is 1. The van der Waals surface area contributed by atoms with Gasteiger partial charge in [-0.25, -0.2) is 0 Å². The molecule has 1 amide bonds. The van der Waals surface area contributed by atoms with Crippen LogP contribution in [0.4, 0.5) is 13.2 Å². The number of ketones is 1. The van der Waals surface area contributed by atoms with Crippen molar-refractivity contribution in [2.45, 2.75) is 38.4 Å². The van der Waals surface area contributed by atoms with Gasteiger partial charge in [0.05, 0.1) is 16.1 Å². The third kappa shape index (κ3) is 5.06. The minimum absolute atomic E-state index is 0.166. The van der Waals surface area contributed by atoms with Gasteiger partial charge in [-0.05, 0) is 61.0 Å². The average Bonchev–Trinajstić information content (AvgIpc) is 3.14. The van der Waals surface area contributed by atoms with Crippen molar-refractivity contribution in [2.75, 3.05) is 26.2 Å². The molecule has 2 heterocycles. The van der Waals surface area contributed by atoms with Crippen LogP contribution in [-0.2, 0) is 24.4 Å². The number of amides is 1. The van der Waals surface area contributed by atoms with Crippen molar-refractivity contribution >= 4 is 45.8 Å². The van der Waals surface area contributed by atoms with E-state index < -0.39 is 11.7 Å². The molecule has 0 bridgehead atoms. The number of rotatable bonds is 5. The Morgan fingerprint density at radius 2 is 1.68 bits per heavy atom. The molecule has 2 aromatic carbocycles. The highest BCUT2D eigenvalue weighted by atomic mass is 35.5. The highest BCUT2D eigenvalue weighted by Gasteiger charge is 2.38. The van der Waals surface area contributed by atoms with E-state index in [0.29, 0.717) is 46.2 Å². The predicted octanol–water partition coefficient (Wildman–Crippen LogP) is 6.22. The summed E-state index contributed by atoms with van der Waals surface area (Å²) in [4.78, 5) is 29.1. The fourth-order valence-electron chi connectivity index (χ4n) is 5.52. The van der Waals surface area contributed by atoms with Gasteiger partial charge in [0, 0.05) is 67.8 Å². The van der Waals surface area contributed by atoms with Gasteiger partial charge in [-0.2, -0.15) is 13.2 Å². The SMILES string of the molecule is CC(=O)C1CC(N2CCN(C(=O)c3ccc(Cl)c(Cc4cc5ccc(C(F)(F)F)cc5n4C)c3Cl)CC2)C1. The molecule has 0 unspecified atom stereocenters. The summed E-state index contributed by atoms with van der Waals surface area (Å²) in [7, 11) is 1.70. The normalized spacial score (nSPS) is 20.6. The maximum Gasteiger partial charge on any atom is 0.416 e. The molecular formula is C28H28Cl2F3N3O2. The number of halogens is 5. The number of alkyl halides is 3. The van der Waals surface area contributed by atoms with E-state index in [4.69, 9.17) is 23.2 Å². The quantitative estimate of drug-likeness (QED) is 0.369. The number of carbonyl (C=O) groups excluding carboxylic acids is 2. The zero-order valence-electron chi connectivity index (χ0n) is 21.1. The smallest absolute Gasteiger partial charge is 0.347 e. The molecule has 0 radical (unpaired) electrons. The van der Waals surface area contributed by atoms with Crippen molar-refractivity contribution in [3.63, 3.8) is 0 Å². The van der Waals surface area contributed by atoms with Gasteiger partial charge in [-0.15, -0.1) is 0 Å². The van der Waals surface area contributed by atoms with Crippen molar-refractivity contribution < 1.29 is 22.8 Å². The van der Waals surface area contributed by atoms with Crippen LogP contribution in [-0.4, -0.2) is 58.3 Å². The Bertz CT molecular complexity index is 1400. The first-order chi connectivity index (χ1) is 17.9. The number of nitrogens with zero attached hydrogens (tertiary/aromatic N) is 3. The molecule has 2 aliphatic rings. The Kier molecular flexibility index (Phi) is 7.26. The molecule has 1 saturated carbocycles. The number of hydrogen-bond acceptors (Lipinski definition) is 3. The minimum atomic E-state index is -4.43. The molecule has 1 aliphatic heterocycles. The molecule has 0 N–H and O–H groups in total. The lowest BCUT2D eigenvalue weighted by atomic mass is 9.77. The van der Waals surface area contributed by atoms with Crippen LogP contribution >= 0.6 is 23.2 Å². The van der Waals surface area contributed by atoms with Gasteiger partial charge in [-0.3, -0.25) is 14.5 Å². The lowest BCUT2D eigenvalue weighted by Gasteiger charge is -2.45. The Balaban J connectivity index is 1.32. The van der Waals surface area contributed by atoms with E-state index in [1.165, 1.54) is 6.07 Å². The summed E-state index contributed by atoms with van der Waals surface area (Å²) in [6.45, 7) is 4.27. The molecular weight excluding hydrogens is 538 g/mol. The van der Waals surface area contributed by atoms with Crippen molar-refractivity contribution in [1.29, 1.82) is 0 Å². The van der Waals surface area contributed by atoms with Crippen LogP contribution in [0.5, 0.6) is 0 Å². The van der Waals surface area contributed by atoms with Gasteiger partial charge in [0.15, 0.2) is 0 Å². The second kappa shape index (κ2) is 10.2. The van der Waals surface area contributed by atoms with Crippen LogP contribution in [0.2, 0.25) is 10.0 Å². The fraction of sp³-hybridized carbons (Fsp3) is 0.429. The Morgan fingerprint density at radius 1 is 1.00 bits per heavy atom. The Morgan fingerprint density at radius 3 is 2.32 bits per heavy atom. The van der Waals surface area contributed by atoms with Gasteiger partial charge < -0.3 is 9.47 Å². The Labute approximate surface area is 229 Å². The minimum Gasteiger partial charge on any atom is -0.347 e. The molecule has 1 aliphatic carbocycles. The molecule has 10 heteroatoms. The highest BCUT2D eigenvalue weighted by Crippen LogP contribution is 2.36. The van der Waals surface area contributed by atoms with Gasteiger partial charge in [0.2, 0.25) is 0 Å². The van der Waals surface area contributed by atoms with Crippen LogP contribution in [0.25, 0.3) is 10.9 Å². The third-order valence-corrected chi connectivity index (χ3v) is 8.84. The van der Waals surface area contributed by atoms with Crippen molar-refractivity contribution in [3.8, 4) is 0 Å². The fourth-order valence-corrected chi connectivity index (χ4v) is 6.10. The molecule has 38 heavy (non-hydrogen) atoms. The first-order valence-corrected chi connectivity index (χ1v) is 13.4. The lowest BCUT2D eigenvalue weighted by Crippen LogP contribution is -2.55. The van der Waals surface area contributed by atoms with E-state index in [0.717, 1.165) is 43.8 Å². The molecule has 0 atom stereocenters. The molecule has 3 aromatic rings.